The molecule has 0 fully saturated rings. The molecule has 0 heterocycles. The highest BCUT2D eigenvalue weighted by Crippen LogP contribution is 2.32. The van der Waals surface area contributed by atoms with Crippen LogP contribution in [0.15, 0.2) is 95.5 Å². The maximum atomic E-state index is 13.5. The van der Waals surface area contributed by atoms with E-state index in [0.717, 1.165) is 10.5 Å². The molecule has 3 amide bonds. The minimum absolute atomic E-state index is 0.00282. The van der Waals surface area contributed by atoms with Crippen LogP contribution < -0.4 is 30.2 Å². The molecule has 0 spiro atoms. The van der Waals surface area contributed by atoms with Crippen molar-refractivity contribution in [3.05, 3.63) is 112 Å². The van der Waals surface area contributed by atoms with Crippen LogP contribution in [-0.2, 0) is 9.59 Å². The molecule has 0 radical (unpaired) electrons. The Kier molecular flexibility index (Phi) is 11.5. The Morgan fingerprint density at radius 1 is 0.822 bits per heavy atom. The van der Waals surface area contributed by atoms with E-state index in [4.69, 9.17) is 25.8 Å². The summed E-state index contributed by atoms with van der Waals surface area (Å²) in [5.74, 6) is 0.360. The number of thioether (sulfide) groups is 1. The molecule has 0 bridgehead atoms. The van der Waals surface area contributed by atoms with E-state index in [1.807, 2.05) is 13.0 Å². The molecule has 0 saturated carbocycles. The monoisotopic (exact) mass is 645 g/mol. The summed E-state index contributed by atoms with van der Waals surface area (Å²) < 4.78 is 16.1. The molecule has 4 aromatic carbocycles. The topological polar surface area (TPSA) is 115 Å². The van der Waals surface area contributed by atoms with Crippen molar-refractivity contribution in [2.75, 3.05) is 37.7 Å². The molecule has 0 aliphatic carbocycles. The number of rotatable bonds is 12. The van der Waals surface area contributed by atoms with Gasteiger partial charge in [0.05, 0.1) is 32.8 Å². The fourth-order valence-corrected chi connectivity index (χ4v) is 5.07. The van der Waals surface area contributed by atoms with E-state index in [1.165, 1.54) is 32.1 Å². The predicted molar refractivity (Wildman–Crippen MR) is 179 cm³/mol. The summed E-state index contributed by atoms with van der Waals surface area (Å²) in [6.07, 6.45) is 1.53. The van der Waals surface area contributed by atoms with Crippen LogP contribution in [0, 0.1) is 6.92 Å². The van der Waals surface area contributed by atoms with Crippen LogP contribution in [0.3, 0.4) is 0 Å². The van der Waals surface area contributed by atoms with E-state index < -0.39 is 11.8 Å². The molecular weight excluding hydrogens is 614 g/mol. The summed E-state index contributed by atoms with van der Waals surface area (Å²) in [6, 6.07) is 24.2. The summed E-state index contributed by atoms with van der Waals surface area (Å²) >= 11 is 7.46. The highest BCUT2D eigenvalue weighted by atomic mass is 35.5. The van der Waals surface area contributed by atoms with E-state index in [1.54, 1.807) is 86.0 Å². The van der Waals surface area contributed by atoms with Gasteiger partial charge in [0.25, 0.3) is 11.8 Å². The quantitative estimate of drug-likeness (QED) is 0.114. The Morgan fingerprint density at radius 2 is 1.58 bits per heavy atom. The van der Waals surface area contributed by atoms with Crippen LogP contribution in [0.1, 0.15) is 21.5 Å². The van der Waals surface area contributed by atoms with Crippen LogP contribution in [-0.4, -0.2) is 44.8 Å². The second-order valence-electron chi connectivity index (χ2n) is 9.61. The first-order chi connectivity index (χ1) is 21.7. The van der Waals surface area contributed by atoms with Crippen LogP contribution in [0.4, 0.5) is 11.4 Å². The van der Waals surface area contributed by atoms with Crippen LogP contribution in [0.5, 0.6) is 17.2 Å². The average molecular weight is 646 g/mol. The van der Waals surface area contributed by atoms with Crippen molar-refractivity contribution in [2.24, 2.45) is 0 Å². The number of hydrogen-bond donors (Lipinski definition) is 3. The van der Waals surface area contributed by atoms with Crippen molar-refractivity contribution in [3.63, 3.8) is 0 Å². The van der Waals surface area contributed by atoms with Gasteiger partial charge in [0.15, 0.2) is 0 Å². The lowest BCUT2D eigenvalue weighted by atomic mass is 10.1. The summed E-state index contributed by atoms with van der Waals surface area (Å²) in [4.78, 5) is 40.1. The molecule has 4 aromatic rings. The van der Waals surface area contributed by atoms with Gasteiger partial charge < -0.3 is 30.2 Å². The van der Waals surface area contributed by atoms with Crippen molar-refractivity contribution < 1.29 is 28.6 Å². The van der Waals surface area contributed by atoms with Gasteiger partial charge >= 0.3 is 0 Å². The number of anilines is 2. The highest BCUT2D eigenvalue weighted by Gasteiger charge is 2.17. The number of ether oxygens (including phenoxy) is 3. The number of halogens is 1. The number of methoxy groups -OCH3 is 3. The highest BCUT2D eigenvalue weighted by molar-refractivity contribution is 8.00. The number of nitrogens with one attached hydrogen (secondary N) is 3. The fraction of sp³-hybridized carbons (Fsp3) is 0.147. The Bertz CT molecular complexity index is 1730. The number of amides is 3. The van der Waals surface area contributed by atoms with Crippen LogP contribution in [0.25, 0.3) is 6.08 Å². The summed E-state index contributed by atoms with van der Waals surface area (Å²) in [5.41, 5.74) is 2.75. The third-order valence-electron chi connectivity index (χ3n) is 6.49. The molecule has 3 N–H and O–H groups in total. The maximum Gasteiger partial charge on any atom is 0.272 e. The second-order valence-corrected chi connectivity index (χ2v) is 11.1. The first-order valence-electron chi connectivity index (χ1n) is 13.7. The van der Waals surface area contributed by atoms with Crippen LogP contribution in [0.2, 0.25) is 5.02 Å². The third kappa shape index (κ3) is 9.04. The summed E-state index contributed by atoms with van der Waals surface area (Å²) in [7, 11) is 4.55. The molecule has 0 aliphatic heterocycles. The first-order valence-corrected chi connectivity index (χ1v) is 15.1. The SMILES string of the molecule is COc1ccc(/C=C(/NC(=O)c2ccccc2)C(=O)Nc2cccc(SCC(=O)Nc3cc(C)c(Cl)cc3OC)c2)c(OC)c1. The average Bonchev–Trinajstić information content (AvgIpc) is 3.05. The van der Waals surface area contributed by atoms with Crippen molar-refractivity contribution >= 4 is 58.5 Å². The lowest BCUT2D eigenvalue weighted by molar-refractivity contribution is -0.114. The summed E-state index contributed by atoms with van der Waals surface area (Å²) in [5, 5.41) is 8.96. The Hall–Kier alpha value is -4.93. The van der Waals surface area contributed by atoms with Gasteiger partial charge in [-0.25, -0.2) is 0 Å². The molecule has 4 rings (SSSR count). The van der Waals surface area contributed by atoms with Gasteiger partial charge in [-0.1, -0.05) is 35.9 Å². The molecule has 0 aromatic heterocycles. The Morgan fingerprint density at radius 3 is 2.29 bits per heavy atom. The zero-order valence-corrected chi connectivity index (χ0v) is 26.7. The molecule has 0 aliphatic rings. The van der Waals surface area contributed by atoms with Gasteiger partial charge in [0, 0.05) is 38.9 Å². The van der Waals surface area contributed by atoms with E-state index >= 15 is 0 Å². The van der Waals surface area contributed by atoms with Gasteiger partial charge in [-0.3, -0.25) is 14.4 Å². The number of carbonyl (C=O) groups excluding carboxylic acids is 3. The molecule has 0 saturated heterocycles. The van der Waals surface area contributed by atoms with Crippen molar-refractivity contribution in [3.8, 4) is 17.2 Å². The zero-order valence-electron chi connectivity index (χ0n) is 25.1. The number of carbonyl (C=O) groups is 3. The normalized spacial score (nSPS) is 10.9. The lowest BCUT2D eigenvalue weighted by Crippen LogP contribution is -2.30. The number of aryl methyl sites for hydroxylation is 1. The molecule has 11 heteroatoms. The van der Waals surface area contributed by atoms with Gasteiger partial charge in [0.1, 0.15) is 22.9 Å². The Balaban J connectivity index is 1.50. The van der Waals surface area contributed by atoms with E-state index in [9.17, 15) is 14.4 Å². The van der Waals surface area contributed by atoms with Crippen LogP contribution >= 0.6 is 23.4 Å². The number of hydrogen-bond acceptors (Lipinski definition) is 7. The summed E-state index contributed by atoms with van der Waals surface area (Å²) in [6.45, 7) is 1.84. The lowest BCUT2D eigenvalue weighted by Gasteiger charge is -2.14. The largest absolute Gasteiger partial charge is 0.497 e. The van der Waals surface area contributed by atoms with Crippen molar-refractivity contribution in [2.45, 2.75) is 11.8 Å². The minimum atomic E-state index is -0.553. The van der Waals surface area contributed by atoms with Gasteiger partial charge in [-0.05, 0) is 67.1 Å². The molecule has 45 heavy (non-hydrogen) atoms. The van der Waals surface area contributed by atoms with E-state index in [-0.39, 0.29) is 17.4 Å². The minimum Gasteiger partial charge on any atom is -0.497 e. The van der Waals surface area contributed by atoms with Crippen molar-refractivity contribution in [1.82, 2.24) is 5.32 Å². The predicted octanol–water partition coefficient (Wildman–Crippen LogP) is 6.81. The Labute approximate surface area is 270 Å². The maximum absolute atomic E-state index is 13.5. The second kappa shape index (κ2) is 15.7. The zero-order chi connectivity index (χ0) is 32.3. The van der Waals surface area contributed by atoms with E-state index in [2.05, 4.69) is 16.0 Å². The fourth-order valence-electron chi connectivity index (χ4n) is 4.16. The molecular formula is C34H32ClN3O6S. The van der Waals surface area contributed by atoms with Gasteiger partial charge in [-0.15, -0.1) is 11.8 Å². The van der Waals surface area contributed by atoms with E-state index in [0.29, 0.717) is 44.8 Å². The van der Waals surface area contributed by atoms with Gasteiger partial charge in [0.2, 0.25) is 5.91 Å². The number of benzene rings is 4. The standard InChI is InChI=1S/C34H32ClN3O6S/c1-21-15-28(31(44-4)19-27(21)35)37-32(39)20-45-26-12-8-11-24(17-26)36-34(41)29(38-33(40)22-9-6-5-7-10-22)16-23-13-14-25(42-2)18-30(23)43-3/h5-19H,20H2,1-4H3,(H,36,41)(H,37,39)(H,38,40)/b29-16+. The third-order valence-corrected chi connectivity index (χ3v) is 7.89. The molecule has 0 atom stereocenters. The molecule has 232 valence electrons. The molecule has 0 unspecified atom stereocenters. The van der Waals surface area contributed by atoms with Gasteiger partial charge in [-0.2, -0.15) is 0 Å². The molecule has 9 nitrogen and oxygen atoms in total. The van der Waals surface area contributed by atoms with Crippen molar-refractivity contribution in [1.29, 1.82) is 0 Å². The smallest absolute Gasteiger partial charge is 0.272 e. The first kappa shape index (κ1) is 33.0.